The number of Topliss-reactive ketones (excluding diaryl/α,β-unsaturated/α-hetero) is 1. The van der Waals surface area contributed by atoms with Crippen LogP contribution in [0.3, 0.4) is 0 Å². The predicted molar refractivity (Wildman–Crippen MR) is 92.1 cm³/mol. The third-order valence-electron chi connectivity index (χ3n) is 3.60. The van der Waals surface area contributed by atoms with Gasteiger partial charge in [0.15, 0.2) is 5.78 Å². The van der Waals surface area contributed by atoms with Crippen molar-refractivity contribution >= 4 is 23.2 Å². The zero-order chi connectivity index (χ0) is 20.2. The fourth-order valence-corrected chi connectivity index (χ4v) is 2.30. The second kappa shape index (κ2) is 8.19. The zero-order valence-corrected chi connectivity index (χ0v) is 14.9. The number of nitrogens with one attached hydrogen (secondary N) is 2. The number of methoxy groups -OCH3 is 1. The van der Waals surface area contributed by atoms with E-state index in [0.29, 0.717) is 6.20 Å². The summed E-state index contributed by atoms with van der Waals surface area (Å²) < 4.78 is 58.4. The summed E-state index contributed by atoms with van der Waals surface area (Å²) in [6, 6.07) is 2.23. The fourth-order valence-electron chi connectivity index (χ4n) is 2.30. The van der Waals surface area contributed by atoms with Crippen molar-refractivity contribution in [1.29, 1.82) is 0 Å². The molecule has 0 saturated heterocycles. The van der Waals surface area contributed by atoms with E-state index in [0.717, 1.165) is 6.07 Å². The van der Waals surface area contributed by atoms with Crippen molar-refractivity contribution in [3.8, 4) is 5.75 Å². The van der Waals surface area contributed by atoms with E-state index in [-0.39, 0.29) is 35.9 Å². The molecule has 0 fully saturated rings. The van der Waals surface area contributed by atoms with Gasteiger partial charge in [-0.3, -0.25) is 4.79 Å². The van der Waals surface area contributed by atoms with Gasteiger partial charge in [0.2, 0.25) is 5.95 Å². The SMILES string of the molecule is CCNc1nc(Nc2cc(F)c(C(=O)CC)cc2OC)ncc1C(F)(F)F. The van der Waals surface area contributed by atoms with E-state index in [1.54, 1.807) is 13.8 Å². The molecule has 1 heterocycles. The van der Waals surface area contributed by atoms with Gasteiger partial charge in [0.1, 0.15) is 22.9 Å². The van der Waals surface area contributed by atoms with Crippen LogP contribution in [0.2, 0.25) is 0 Å². The summed E-state index contributed by atoms with van der Waals surface area (Å²) in [7, 11) is 1.32. The Kier molecular flexibility index (Phi) is 6.19. The van der Waals surface area contributed by atoms with Gasteiger partial charge < -0.3 is 15.4 Å². The molecular formula is C17H18F4N4O2. The van der Waals surface area contributed by atoms with Gasteiger partial charge in [-0.05, 0) is 13.0 Å². The van der Waals surface area contributed by atoms with Crippen LogP contribution in [-0.2, 0) is 6.18 Å². The van der Waals surface area contributed by atoms with Crippen molar-refractivity contribution in [1.82, 2.24) is 9.97 Å². The molecule has 1 aromatic heterocycles. The molecule has 2 aromatic rings. The molecule has 0 spiro atoms. The summed E-state index contributed by atoms with van der Waals surface area (Å²) in [6.07, 6.45) is -3.88. The number of anilines is 3. The Morgan fingerprint density at radius 3 is 2.52 bits per heavy atom. The van der Waals surface area contributed by atoms with Gasteiger partial charge in [-0.1, -0.05) is 6.92 Å². The molecule has 0 aliphatic rings. The number of alkyl halides is 3. The minimum Gasteiger partial charge on any atom is -0.495 e. The van der Waals surface area contributed by atoms with E-state index >= 15 is 0 Å². The molecule has 0 atom stereocenters. The van der Waals surface area contributed by atoms with Crippen LogP contribution in [0, 0.1) is 5.82 Å². The first kappa shape index (κ1) is 20.4. The van der Waals surface area contributed by atoms with E-state index < -0.39 is 29.2 Å². The molecule has 2 N–H and O–H groups in total. The number of ether oxygens (including phenoxy) is 1. The maximum atomic E-state index is 14.2. The predicted octanol–water partition coefficient (Wildman–Crippen LogP) is 4.41. The Morgan fingerprint density at radius 1 is 1.26 bits per heavy atom. The number of carbonyl (C=O) groups excluding carboxylic acids is 1. The first-order valence-corrected chi connectivity index (χ1v) is 8.07. The fraction of sp³-hybridized carbons (Fsp3) is 0.353. The molecule has 0 unspecified atom stereocenters. The maximum Gasteiger partial charge on any atom is 0.421 e. The zero-order valence-electron chi connectivity index (χ0n) is 14.9. The number of ketones is 1. The smallest absolute Gasteiger partial charge is 0.421 e. The Hall–Kier alpha value is -2.91. The largest absolute Gasteiger partial charge is 0.495 e. The normalized spacial score (nSPS) is 11.2. The van der Waals surface area contributed by atoms with E-state index in [1.165, 1.54) is 13.2 Å². The highest BCUT2D eigenvalue weighted by Gasteiger charge is 2.35. The van der Waals surface area contributed by atoms with Crippen molar-refractivity contribution in [3.63, 3.8) is 0 Å². The Labute approximate surface area is 153 Å². The van der Waals surface area contributed by atoms with Gasteiger partial charge in [-0.15, -0.1) is 0 Å². The average molecular weight is 386 g/mol. The number of hydrogen-bond donors (Lipinski definition) is 2. The summed E-state index contributed by atoms with van der Waals surface area (Å²) in [5.74, 6) is -1.66. The molecule has 2 rings (SSSR count). The number of rotatable bonds is 7. The molecule has 6 nitrogen and oxygen atoms in total. The molecule has 10 heteroatoms. The third-order valence-corrected chi connectivity index (χ3v) is 3.60. The van der Waals surface area contributed by atoms with Gasteiger partial charge in [0, 0.05) is 25.2 Å². The molecule has 0 saturated carbocycles. The van der Waals surface area contributed by atoms with Gasteiger partial charge in [0.25, 0.3) is 0 Å². The number of halogens is 4. The summed E-state index contributed by atoms with van der Waals surface area (Å²) >= 11 is 0. The number of aromatic nitrogens is 2. The number of benzene rings is 1. The lowest BCUT2D eigenvalue weighted by Crippen LogP contribution is -2.14. The monoisotopic (exact) mass is 386 g/mol. The van der Waals surface area contributed by atoms with Gasteiger partial charge in [-0.2, -0.15) is 18.2 Å². The Balaban J connectivity index is 2.43. The lowest BCUT2D eigenvalue weighted by atomic mass is 10.1. The summed E-state index contributed by atoms with van der Waals surface area (Å²) in [5.41, 5.74) is -1.08. The van der Waals surface area contributed by atoms with Crippen LogP contribution < -0.4 is 15.4 Å². The van der Waals surface area contributed by atoms with Crippen LogP contribution in [-0.4, -0.2) is 29.4 Å². The van der Waals surface area contributed by atoms with Crippen LogP contribution in [0.25, 0.3) is 0 Å². The average Bonchev–Trinajstić information content (AvgIpc) is 2.61. The van der Waals surface area contributed by atoms with Crippen LogP contribution in [0.15, 0.2) is 18.3 Å². The first-order chi connectivity index (χ1) is 12.7. The van der Waals surface area contributed by atoms with Crippen LogP contribution >= 0.6 is 0 Å². The molecule has 0 aliphatic heterocycles. The van der Waals surface area contributed by atoms with Crippen LogP contribution in [0.4, 0.5) is 35.0 Å². The standard InChI is InChI=1S/C17H18F4N4O2/c1-4-13(26)9-6-14(27-3)12(7-11(9)18)24-16-23-8-10(17(19,20)21)15(25-16)22-5-2/h6-8H,4-5H2,1-3H3,(H2,22,23,24,25). The number of hydrogen-bond acceptors (Lipinski definition) is 6. The summed E-state index contributed by atoms with van der Waals surface area (Å²) in [6.45, 7) is 3.43. The van der Waals surface area contributed by atoms with Gasteiger partial charge in [0.05, 0.1) is 18.4 Å². The highest BCUT2D eigenvalue weighted by atomic mass is 19.4. The van der Waals surface area contributed by atoms with Crippen molar-refractivity contribution < 1.29 is 27.1 Å². The van der Waals surface area contributed by atoms with Gasteiger partial charge >= 0.3 is 6.18 Å². The molecule has 0 aliphatic carbocycles. The van der Waals surface area contributed by atoms with Crippen molar-refractivity contribution in [2.24, 2.45) is 0 Å². The second-order valence-electron chi connectivity index (χ2n) is 5.42. The lowest BCUT2D eigenvalue weighted by molar-refractivity contribution is -0.137. The van der Waals surface area contributed by atoms with Crippen LogP contribution in [0.5, 0.6) is 5.75 Å². The van der Waals surface area contributed by atoms with E-state index in [1.807, 2.05) is 0 Å². The quantitative estimate of drug-likeness (QED) is 0.542. The lowest BCUT2D eigenvalue weighted by Gasteiger charge is -2.15. The second-order valence-corrected chi connectivity index (χ2v) is 5.42. The number of carbonyl (C=O) groups is 1. The summed E-state index contributed by atoms with van der Waals surface area (Å²) in [4.78, 5) is 19.2. The Bertz CT molecular complexity index is 840. The minimum absolute atomic E-state index is 0.0739. The highest BCUT2D eigenvalue weighted by molar-refractivity contribution is 5.97. The third kappa shape index (κ3) is 4.63. The topological polar surface area (TPSA) is 76.1 Å². The van der Waals surface area contributed by atoms with E-state index in [4.69, 9.17) is 4.74 Å². The minimum atomic E-state index is -4.62. The molecule has 0 radical (unpaired) electrons. The number of nitrogens with zero attached hydrogens (tertiary/aromatic N) is 2. The van der Waals surface area contributed by atoms with E-state index in [9.17, 15) is 22.4 Å². The van der Waals surface area contributed by atoms with Crippen molar-refractivity contribution in [2.75, 3.05) is 24.3 Å². The van der Waals surface area contributed by atoms with Gasteiger partial charge in [-0.25, -0.2) is 9.37 Å². The van der Waals surface area contributed by atoms with E-state index in [2.05, 4.69) is 20.6 Å². The molecule has 0 amide bonds. The molecule has 1 aromatic carbocycles. The highest BCUT2D eigenvalue weighted by Crippen LogP contribution is 2.35. The van der Waals surface area contributed by atoms with Crippen LogP contribution in [0.1, 0.15) is 36.2 Å². The van der Waals surface area contributed by atoms with Crippen molar-refractivity contribution in [2.45, 2.75) is 26.4 Å². The maximum absolute atomic E-state index is 14.2. The molecular weight excluding hydrogens is 368 g/mol. The molecule has 27 heavy (non-hydrogen) atoms. The first-order valence-electron chi connectivity index (χ1n) is 8.07. The Morgan fingerprint density at radius 2 is 1.96 bits per heavy atom. The summed E-state index contributed by atoms with van der Waals surface area (Å²) in [5, 5.41) is 5.14. The molecule has 146 valence electrons. The van der Waals surface area contributed by atoms with Crippen molar-refractivity contribution in [3.05, 3.63) is 35.3 Å². The molecule has 0 bridgehead atoms.